The summed E-state index contributed by atoms with van der Waals surface area (Å²) in [6.07, 6.45) is 0.954. The van der Waals surface area contributed by atoms with Gasteiger partial charge in [-0.05, 0) is 50.9 Å². The molecule has 0 aromatic heterocycles. The second-order valence-corrected chi connectivity index (χ2v) is 5.66. The lowest BCUT2D eigenvalue weighted by atomic mass is 9.94. The molecule has 0 fully saturated rings. The van der Waals surface area contributed by atoms with Crippen LogP contribution in [0.25, 0.3) is 0 Å². The number of aryl methyl sites for hydroxylation is 2. The largest absolute Gasteiger partial charge is 0.496 e. The van der Waals surface area contributed by atoms with Crippen molar-refractivity contribution in [3.05, 3.63) is 64.2 Å². The van der Waals surface area contributed by atoms with Gasteiger partial charge in [0, 0.05) is 11.6 Å². The van der Waals surface area contributed by atoms with Crippen LogP contribution in [0.4, 0.5) is 0 Å². The molecule has 0 aliphatic carbocycles. The van der Waals surface area contributed by atoms with Gasteiger partial charge in [-0.2, -0.15) is 0 Å². The van der Waals surface area contributed by atoms with E-state index < -0.39 is 0 Å². The van der Waals surface area contributed by atoms with Gasteiger partial charge in [0.1, 0.15) is 5.75 Å². The average molecular weight is 283 g/mol. The maximum atomic E-state index is 5.66. The molecule has 21 heavy (non-hydrogen) atoms. The first kappa shape index (κ1) is 15.6. The average Bonchev–Trinajstić information content (AvgIpc) is 2.49. The second kappa shape index (κ2) is 6.77. The third-order valence-electron chi connectivity index (χ3n) is 4.20. The Hall–Kier alpha value is -1.80. The van der Waals surface area contributed by atoms with E-state index in [-0.39, 0.29) is 6.04 Å². The number of methoxy groups -OCH3 is 1. The van der Waals surface area contributed by atoms with Crippen LogP contribution < -0.4 is 10.1 Å². The predicted molar refractivity (Wildman–Crippen MR) is 89.2 cm³/mol. The SMILES string of the molecule is CNC(Cc1ccc(C)cc1)c1ccc(C)c(C)c1OC. The van der Waals surface area contributed by atoms with Gasteiger partial charge in [0.25, 0.3) is 0 Å². The van der Waals surface area contributed by atoms with Crippen LogP contribution in [-0.4, -0.2) is 14.2 Å². The van der Waals surface area contributed by atoms with Crippen molar-refractivity contribution < 1.29 is 4.74 Å². The van der Waals surface area contributed by atoms with E-state index >= 15 is 0 Å². The number of benzene rings is 2. The molecule has 0 aliphatic rings. The number of ether oxygens (including phenoxy) is 1. The van der Waals surface area contributed by atoms with Crippen LogP contribution in [0.5, 0.6) is 5.75 Å². The summed E-state index contributed by atoms with van der Waals surface area (Å²) in [7, 11) is 3.76. The van der Waals surface area contributed by atoms with Crippen molar-refractivity contribution in [2.45, 2.75) is 33.2 Å². The number of likely N-dealkylation sites (N-methyl/N-ethyl adjacent to an activating group) is 1. The van der Waals surface area contributed by atoms with Gasteiger partial charge in [-0.3, -0.25) is 0 Å². The summed E-state index contributed by atoms with van der Waals surface area (Å²) in [5.74, 6) is 1.00. The van der Waals surface area contributed by atoms with Crippen LogP contribution in [-0.2, 0) is 6.42 Å². The van der Waals surface area contributed by atoms with E-state index in [4.69, 9.17) is 4.74 Å². The topological polar surface area (TPSA) is 21.3 Å². The zero-order chi connectivity index (χ0) is 15.4. The van der Waals surface area contributed by atoms with Gasteiger partial charge in [0.2, 0.25) is 0 Å². The molecule has 112 valence electrons. The highest BCUT2D eigenvalue weighted by Crippen LogP contribution is 2.32. The van der Waals surface area contributed by atoms with Crippen molar-refractivity contribution in [1.29, 1.82) is 0 Å². The summed E-state index contributed by atoms with van der Waals surface area (Å²) in [5, 5.41) is 3.42. The van der Waals surface area contributed by atoms with Crippen molar-refractivity contribution >= 4 is 0 Å². The predicted octanol–water partition coefficient (Wildman–Crippen LogP) is 4.12. The molecule has 1 atom stereocenters. The molecular weight excluding hydrogens is 258 g/mol. The summed E-state index contributed by atoms with van der Waals surface area (Å²) >= 11 is 0. The van der Waals surface area contributed by atoms with Crippen molar-refractivity contribution in [1.82, 2.24) is 5.32 Å². The Bertz CT molecular complexity index is 602. The van der Waals surface area contributed by atoms with E-state index in [1.165, 1.54) is 27.8 Å². The fourth-order valence-electron chi connectivity index (χ4n) is 2.68. The first-order chi connectivity index (χ1) is 10.1. The molecule has 0 bridgehead atoms. The quantitative estimate of drug-likeness (QED) is 0.891. The van der Waals surface area contributed by atoms with E-state index in [1.54, 1.807) is 7.11 Å². The van der Waals surface area contributed by atoms with Crippen LogP contribution in [0, 0.1) is 20.8 Å². The minimum Gasteiger partial charge on any atom is -0.496 e. The molecule has 0 spiro atoms. The van der Waals surface area contributed by atoms with E-state index in [9.17, 15) is 0 Å². The number of rotatable bonds is 5. The van der Waals surface area contributed by atoms with Gasteiger partial charge in [-0.25, -0.2) is 0 Å². The van der Waals surface area contributed by atoms with Crippen LogP contribution in [0.3, 0.4) is 0 Å². The zero-order valence-corrected chi connectivity index (χ0v) is 13.7. The van der Waals surface area contributed by atoms with E-state index in [2.05, 4.69) is 62.5 Å². The minimum atomic E-state index is 0.252. The summed E-state index contributed by atoms with van der Waals surface area (Å²) in [6.45, 7) is 6.36. The maximum Gasteiger partial charge on any atom is 0.126 e. The number of hydrogen-bond donors (Lipinski definition) is 1. The van der Waals surface area contributed by atoms with E-state index in [0.29, 0.717) is 0 Å². The fourth-order valence-corrected chi connectivity index (χ4v) is 2.68. The Kier molecular flexibility index (Phi) is 5.03. The Morgan fingerprint density at radius 3 is 2.24 bits per heavy atom. The molecule has 0 amide bonds. The summed E-state index contributed by atoms with van der Waals surface area (Å²) in [6, 6.07) is 13.3. The fraction of sp³-hybridized carbons (Fsp3) is 0.368. The summed E-state index contributed by atoms with van der Waals surface area (Å²) in [4.78, 5) is 0. The highest BCUT2D eigenvalue weighted by atomic mass is 16.5. The van der Waals surface area contributed by atoms with Crippen molar-refractivity contribution in [3.63, 3.8) is 0 Å². The van der Waals surface area contributed by atoms with Gasteiger partial charge in [-0.15, -0.1) is 0 Å². The standard InChI is InChI=1S/C19H25NO/c1-13-6-9-16(10-7-13)12-18(20-4)17-11-8-14(2)15(3)19(17)21-5/h6-11,18,20H,12H2,1-5H3. The number of hydrogen-bond acceptors (Lipinski definition) is 2. The molecule has 0 saturated heterocycles. The molecule has 2 aromatic carbocycles. The van der Waals surface area contributed by atoms with Crippen molar-refractivity contribution in [3.8, 4) is 5.75 Å². The molecule has 1 N–H and O–H groups in total. The summed E-state index contributed by atoms with van der Waals surface area (Å²) in [5.41, 5.74) is 6.34. The number of nitrogens with one attached hydrogen (secondary N) is 1. The first-order valence-electron chi connectivity index (χ1n) is 7.43. The van der Waals surface area contributed by atoms with Crippen LogP contribution in [0.1, 0.15) is 33.9 Å². The van der Waals surface area contributed by atoms with Crippen molar-refractivity contribution in [2.75, 3.05) is 14.2 Å². The third kappa shape index (κ3) is 3.45. The monoisotopic (exact) mass is 283 g/mol. The molecule has 2 nitrogen and oxygen atoms in total. The minimum absolute atomic E-state index is 0.252. The van der Waals surface area contributed by atoms with E-state index in [1.807, 2.05) is 7.05 Å². The van der Waals surface area contributed by atoms with Crippen LogP contribution in [0.2, 0.25) is 0 Å². The van der Waals surface area contributed by atoms with E-state index in [0.717, 1.165) is 12.2 Å². The van der Waals surface area contributed by atoms with Gasteiger partial charge in [0.15, 0.2) is 0 Å². The highest BCUT2D eigenvalue weighted by molar-refractivity contribution is 5.47. The lowest BCUT2D eigenvalue weighted by molar-refractivity contribution is 0.397. The molecule has 0 heterocycles. The molecule has 0 radical (unpaired) electrons. The van der Waals surface area contributed by atoms with Crippen molar-refractivity contribution in [2.24, 2.45) is 0 Å². The molecular formula is C19H25NO. The third-order valence-corrected chi connectivity index (χ3v) is 4.20. The molecule has 1 unspecified atom stereocenters. The maximum absolute atomic E-state index is 5.66. The Morgan fingerprint density at radius 2 is 1.67 bits per heavy atom. The normalized spacial score (nSPS) is 12.2. The first-order valence-corrected chi connectivity index (χ1v) is 7.43. The van der Waals surface area contributed by atoms with Crippen LogP contribution in [0.15, 0.2) is 36.4 Å². The molecule has 2 aromatic rings. The second-order valence-electron chi connectivity index (χ2n) is 5.66. The van der Waals surface area contributed by atoms with Gasteiger partial charge >= 0.3 is 0 Å². The Balaban J connectivity index is 2.33. The molecule has 2 heteroatoms. The molecule has 0 saturated carbocycles. The Morgan fingerprint density at radius 1 is 1.00 bits per heavy atom. The van der Waals surface area contributed by atoms with Crippen LogP contribution >= 0.6 is 0 Å². The molecule has 2 rings (SSSR count). The Labute approximate surface area is 128 Å². The smallest absolute Gasteiger partial charge is 0.126 e. The zero-order valence-electron chi connectivity index (χ0n) is 13.7. The lowest BCUT2D eigenvalue weighted by Gasteiger charge is -2.22. The molecule has 0 aliphatic heterocycles. The van der Waals surface area contributed by atoms with Gasteiger partial charge < -0.3 is 10.1 Å². The lowest BCUT2D eigenvalue weighted by Crippen LogP contribution is -2.20. The van der Waals surface area contributed by atoms with Gasteiger partial charge in [0.05, 0.1) is 7.11 Å². The highest BCUT2D eigenvalue weighted by Gasteiger charge is 2.17. The van der Waals surface area contributed by atoms with Gasteiger partial charge in [-0.1, -0.05) is 42.0 Å². The summed E-state index contributed by atoms with van der Waals surface area (Å²) < 4.78 is 5.66.